The minimum atomic E-state index is -0.205. The number of nitrogens with zero attached hydrogens (tertiary/aromatic N) is 4. The van der Waals surface area contributed by atoms with Crippen molar-refractivity contribution in [3.05, 3.63) is 272 Å². The van der Waals surface area contributed by atoms with Crippen LogP contribution in [0.1, 0.15) is 52.7 Å². The number of benzene rings is 12. The first-order valence-corrected chi connectivity index (χ1v) is 31.3. The molecular formula is C80H61BN4O2S. The van der Waals surface area contributed by atoms with Gasteiger partial charge in [0.1, 0.15) is 22.3 Å². The van der Waals surface area contributed by atoms with Crippen molar-refractivity contribution in [3.63, 3.8) is 0 Å². The van der Waals surface area contributed by atoms with Gasteiger partial charge in [-0.15, -0.1) is 11.3 Å². The Morgan fingerprint density at radius 3 is 1.36 bits per heavy atom. The van der Waals surface area contributed by atoms with E-state index in [0.29, 0.717) is 0 Å². The monoisotopic (exact) mass is 1150 g/mol. The largest absolute Gasteiger partial charge is 0.456 e. The van der Waals surface area contributed by atoms with Gasteiger partial charge in [-0.25, -0.2) is 0 Å². The molecule has 12 aromatic carbocycles. The second-order valence-electron chi connectivity index (χ2n) is 25.7. The minimum absolute atomic E-state index is 0.0403. The maximum Gasteiger partial charge on any atom is 0.252 e. The number of rotatable bonds is 8. The van der Waals surface area contributed by atoms with Crippen LogP contribution in [0.2, 0.25) is 0 Å². The van der Waals surface area contributed by atoms with Crippen molar-refractivity contribution >= 4 is 167 Å². The number of furan rings is 2. The highest BCUT2D eigenvalue weighted by Crippen LogP contribution is 2.51. The molecule has 88 heavy (non-hydrogen) atoms. The van der Waals surface area contributed by atoms with Crippen LogP contribution in [0.15, 0.2) is 270 Å². The zero-order chi connectivity index (χ0) is 59.2. The van der Waals surface area contributed by atoms with Crippen LogP contribution in [-0.2, 0) is 10.8 Å². The topological polar surface area (TPSA) is 39.2 Å². The highest BCUT2D eigenvalue weighted by molar-refractivity contribution is 7.25. The van der Waals surface area contributed by atoms with E-state index in [9.17, 15) is 0 Å². The first kappa shape index (κ1) is 52.1. The Labute approximate surface area is 516 Å². The van der Waals surface area contributed by atoms with Crippen molar-refractivity contribution in [2.24, 2.45) is 0 Å². The summed E-state index contributed by atoms with van der Waals surface area (Å²) in [5, 5.41) is 6.86. The summed E-state index contributed by atoms with van der Waals surface area (Å²) in [6.45, 7) is 13.6. The highest BCUT2D eigenvalue weighted by Gasteiger charge is 2.45. The fourth-order valence-electron chi connectivity index (χ4n) is 14.0. The number of para-hydroxylation sites is 4. The lowest BCUT2D eigenvalue weighted by molar-refractivity contribution is 0.590. The predicted octanol–water partition coefficient (Wildman–Crippen LogP) is 21.5. The van der Waals surface area contributed by atoms with E-state index in [1.807, 2.05) is 17.4 Å². The van der Waals surface area contributed by atoms with Gasteiger partial charge in [0.05, 0.1) is 5.69 Å². The van der Waals surface area contributed by atoms with Gasteiger partial charge in [-0.1, -0.05) is 169 Å². The highest BCUT2D eigenvalue weighted by atomic mass is 32.1. The zero-order valence-corrected chi connectivity index (χ0v) is 50.7. The third-order valence-electron chi connectivity index (χ3n) is 18.3. The van der Waals surface area contributed by atoms with Crippen molar-refractivity contribution in [1.82, 2.24) is 0 Å². The summed E-state index contributed by atoms with van der Waals surface area (Å²) in [7, 11) is 0. The molecule has 0 unspecified atom stereocenters. The van der Waals surface area contributed by atoms with Gasteiger partial charge in [0.25, 0.3) is 6.71 Å². The van der Waals surface area contributed by atoms with E-state index >= 15 is 0 Å². The number of fused-ring (bicyclic) bond motifs is 13. The van der Waals surface area contributed by atoms with Crippen molar-refractivity contribution in [2.45, 2.75) is 52.4 Å². The van der Waals surface area contributed by atoms with E-state index in [4.69, 9.17) is 8.83 Å². The molecule has 0 amide bonds. The van der Waals surface area contributed by atoms with Crippen LogP contribution >= 0.6 is 11.3 Å². The molecule has 0 radical (unpaired) electrons. The molecule has 0 spiro atoms. The molecule has 5 heterocycles. The lowest BCUT2D eigenvalue weighted by Crippen LogP contribution is -2.61. The molecule has 8 heteroatoms. The van der Waals surface area contributed by atoms with Gasteiger partial charge in [-0.05, 0) is 166 Å². The molecule has 0 N–H and O–H groups in total. The quantitative estimate of drug-likeness (QED) is 0.141. The molecule has 0 saturated heterocycles. The standard InChI is InChI=1S/C80H61BN4O2S/c1-79(2,3)50-29-33-54(34-30-50)84-68-45-58(83(56-38-41-74-63(43-56)60-23-13-16-26-72(60)86-74)57-39-42-77-65(44-57)62-25-15-18-28-76(62)88-77)37-40-66(68)81-67-48-64-61-24-14-17-27-73(61)87-75(64)49-69(67)85(55-35-31-51(32-36-55)80(4,5)6)71-47-59(46-70(84)78(71)81)82(52-19-9-7-10-20-52)53-21-11-8-12-22-53/h7-49H,1-6H3. The number of thiophene rings is 1. The molecule has 6 nitrogen and oxygen atoms in total. The van der Waals surface area contributed by atoms with Crippen LogP contribution in [0, 0.1) is 0 Å². The molecular weight excluding hydrogens is 1090 g/mol. The summed E-state index contributed by atoms with van der Waals surface area (Å²) in [5.74, 6) is 0. The fourth-order valence-corrected chi connectivity index (χ4v) is 15.1. The summed E-state index contributed by atoms with van der Waals surface area (Å²) in [6.07, 6.45) is 0. The van der Waals surface area contributed by atoms with Crippen molar-refractivity contribution in [3.8, 4) is 0 Å². The van der Waals surface area contributed by atoms with Gasteiger partial charge in [-0.3, -0.25) is 0 Å². The lowest BCUT2D eigenvalue weighted by atomic mass is 9.33. The molecule has 0 bridgehead atoms. The van der Waals surface area contributed by atoms with E-state index in [1.54, 1.807) is 0 Å². The van der Waals surface area contributed by atoms with Crippen LogP contribution in [0.25, 0.3) is 64.0 Å². The molecule has 15 aromatic rings. The van der Waals surface area contributed by atoms with Crippen LogP contribution in [0.3, 0.4) is 0 Å². The Bertz CT molecular complexity index is 5110. The zero-order valence-electron chi connectivity index (χ0n) is 49.9. The Morgan fingerprint density at radius 2 is 0.761 bits per heavy atom. The number of hydrogen-bond acceptors (Lipinski definition) is 7. The average molecular weight is 1150 g/mol. The summed E-state index contributed by atoms with van der Waals surface area (Å²) < 4.78 is 15.9. The second-order valence-corrected chi connectivity index (χ2v) is 26.8. The van der Waals surface area contributed by atoms with E-state index in [1.165, 1.54) is 47.7 Å². The molecule has 17 rings (SSSR count). The normalized spacial score (nSPS) is 13.0. The summed E-state index contributed by atoms with van der Waals surface area (Å²) in [5.41, 5.74) is 22.4. The average Bonchev–Trinajstić information content (AvgIpc) is 0.744. The molecule has 2 aliphatic rings. The van der Waals surface area contributed by atoms with Crippen molar-refractivity contribution in [2.75, 3.05) is 19.6 Å². The van der Waals surface area contributed by atoms with Gasteiger partial charge >= 0.3 is 0 Å². The van der Waals surface area contributed by atoms with Gasteiger partial charge < -0.3 is 28.4 Å². The third-order valence-corrected chi connectivity index (χ3v) is 19.5. The van der Waals surface area contributed by atoms with E-state index in [2.05, 4.69) is 316 Å². The molecule has 0 atom stereocenters. The molecule has 0 fully saturated rings. The predicted molar refractivity (Wildman–Crippen MR) is 375 cm³/mol. The van der Waals surface area contributed by atoms with Crippen LogP contribution in [-0.4, -0.2) is 6.71 Å². The molecule has 0 saturated carbocycles. The summed E-state index contributed by atoms with van der Waals surface area (Å²) in [4.78, 5) is 9.95. The van der Waals surface area contributed by atoms with E-state index < -0.39 is 0 Å². The number of hydrogen-bond donors (Lipinski definition) is 0. The maximum atomic E-state index is 6.88. The van der Waals surface area contributed by atoms with Gasteiger partial charge in [0.2, 0.25) is 0 Å². The summed E-state index contributed by atoms with van der Waals surface area (Å²) >= 11 is 1.85. The van der Waals surface area contributed by atoms with Crippen molar-refractivity contribution < 1.29 is 8.83 Å². The van der Waals surface area contributed by atoms with E-state index in [0.717, 1.165) is 112 Å². The Hall–Kier alpha value is -10.3. The third kappa shape index (κ3) is 8.30. The van der Waals surface area contributed by atoms with Gasteiger partial charge in [0, 0.05) is 110 Å². The lowest BCUT2D eigenvalue weighted by Gasteiger charge is -2.45. The van der Waals surface area contributed by atoms with Crippen LogP contribution in [0.5, 0.6) is 0 Å². The van der Waals surface area contributed by atoms with Crippen LogP contribution in [0.4, 0.5) is 68.2 Å². The number of anilines is 12. The molecule has 2 aliphatic heterocycles. The Morgan fingerprint density at radius 1 is 0.318 bits per heavy atom. The minimum Gasteiger partial charge on any atom is -0.456 e. The molecule has 3 aromatic heterocycles. The Balaban J connectivity index is 0.984. The summed E-state index contributed by atoms with van der Waals surface area (Å²) in [6, 6.07) is 96.5. The molecule has 0 aliphatic carbocycles. The maximum absolute atomic E-state index is 6.88. The fraction of sp³-hybridized carbons (Fsp3) is 0.100. The first-order valence-electron chi connectivity index (χ1n) is 30.5. The van der Waals surface area contributed by atoms with Gasteiger partial charge in [0.15, 0.2) is 0 Å². The van der Waals surface area contributed by atoms with Crippen LogP contribution < -0.4 is 36.0 Å². The molecule has 422 valence electrons. The van der Waals surface area contributed by atoms with E-state index in [-0.39, 0.29) is 17.5 Å². The smallest absolute Gasteiger partial charge is 0.252 e. The SMILES string of the molecule is CC(C)(C)c1ccc(N2c3cc(N(c4ccc5oc6ccccc6c5c4)c4ccc5sc6ccccc6c5c4)ccc3B3c4cc5c(cc4N(c4ccc(C(C)(C)C)cc4)c4cc(N(c6ccccc6)c6ccccc6)cc2c43)oc2ccccc25)cc1. The second kappa shape index (κ2) is 19.6. The Kier molecular flexibility index (Phi) is 11.6. The van der Waals surface area contributed by atoms with Gasteiger partial charge in [-0.2, -0.15) is 0 Å². The van der Waals surface area contributed by atoms with Crippen molar-refractivity contribution in [1.29, 1.82) is 0 Å². The first-order chi connectivity index (χ1) is 42.9.